The van der Waals surface area contributed by atoms with E-state index in [-0.39, 0.29) is 22.9 Å². The highest BCUT2D eigenvalue weighted by atomic mass is 35.5. The number of nitrogens with zero attached hydrogens (tertiary/aromatic N) is 4. The summed E-state index contributed by atoms with van der Waals surface area (Å²) in [6, 6.07) is 7.02. The average molecular weight is 401 g/mol. The van der Waals surface area contributed by atoms with E-state index < -0.39 is 0 Å². The van der Waals surface area contributed by atoms with Crippen LogP contribution in [-0.4, -0.2) is 50.6 Å². The smallest absolute Gasteiger partial charge is 0.226 e. The van der Waals surface area contributed by atoms with Crippen molar-refractivity contribution in [2.75, 3.05) is 24.5 Å². The number of amides is 1. The Bertz CT molecular complexity index is 974. The second kappa shape index (κ2) is 8.02. The third-order valence-electron chi connectivity index (χ3n) is 4.98. The normalized spacial score (nSPS) is 17.0. The van der Waals surface area contributed by atoms with Gasteiger partial charge in [0, 0.05) is 19.6 Å². The predicted molar refractivity (Wildman–Crippen MR) is 106 cm³/mol. The van der Waals surface area contributed by atoms with E-state index >= 15 is 0 Å². The number of phenolic OH excluding ortho intramolecular Hbond substituents is 1. The van der Waals surface area contributed by atoms with Gasteiger partial charge in [-0.25, -0.2) is 4.98 Å². The van der Waals surface area contributed by atoms with Crippen molar-refractivity contribution in [2.24, 2.45) is 5.92 Å². The van der Waals surface area contributed by atoms with Crippen molar-refractivity contribution in [2.45, 2.75) is 19.3 Å². The maximum Gasteiger partial charge on any atom is 0.226 e. The van der Waals surface area contributed by atoms with Crippen LogP contribution in [0.1, 0.15) is 18.4 Å². The van der Waals surface area contributed by atoms with Gasteiger partial charge in [-0.1, -0.05) is 12.1 Å². The lowest BCUT2D eigenvalue weighted by Gasteiger charge is -2.33. The van der Waals surface area contributed by atoms with Crippen LogP contribution in [0.4, 0.5) is 5.82 Å². The summed E-state index contributed by atoms with van der Waals surface area (Å²) in [6.45, 7) is 1.94. The van der Waals surface area contributed by atoms with E-state index in [1.165, 1.54) is 0 Å². The van der Waals surface area contributed by atoms with Gasteiger partial charge in [-0.3, -0.25) is 4.79 Å². The first-order valence-corrected chi connectivity index (χ1v) is 9.65. The fourth-order valence-electron chi connectivity index (χ4n) is 3.54. The number of halogens is 1. The standard InChI is InChI=1S/C19H21ClN6O2/c20-19-24-16-15(22-11-23-16)17(25-19)26-9-1-2-13(10-26)18(28)21-8-7-12-3-5-14(27)6-4-12/h3-6,11,13,27H,1-2,7-10H2,(H,21,28)(H,22,23,24,25). The quantitative estimate of drug-likeness (QED) is 0.567. The molecule has 3 aromatic rings. The minimum Gasteiger partial charge on any atom is -0.508 e. The molecule has 146 valence electrons. The Balaban J connectivity index is 1.38. The van der Waals surface area contributed by atoms with Crippen molar-refractivity contribution in [3.8, 4) is 5.75 Å². The molecule has 0 saturated carbocycles. The largest absolute Gasteiger partial charge is 0.508 e. The van der Waals surface area contributed by atoms with Crippen LogP contribution in [0, 0.1) is 5.92 Å². The number of aromatic amines is 1. The number of H-pyrrole nitrogens is 1. The van der Waals surface area contributed by atoms with Gasteiger partial charge >= 0.3 is 0 Å². The van der Waals surface area contributed by atoms with Gasteiger partial charge in [0.2, 0.25) is 11.2 Å². The lowest BCUT2D eigenvalue weighted by atomic mass is 9.97. The van der Waals surface area contributed by atoms with E-state index in [1.54, 1.807) is 18.5 Å². The lowest BCUT2D eigenvalue weighted by molar-refractivity contribution is -0.125. The van der Waals surface area contributed by atoms with Crippen molar-refractivity contribution in [1.82, 2.24) is 25.3 Å². The molecule has 9 heteroatoms. The number of aromatic hydroxyl groups is 1. The number of piperidine rings is 1. The number of imidazole rings is 1. The van der Waals surface area contributed by atoms with Gasteiger partial charge in [-0.15, -0.1) is 0 Å². The minimum absolute atomic E-state index is 0.0458. The first kappa shape index (κ1) is 18.5. The molecule has 8 nitrogen and oxygen atoms in total. The Morgan fingerprint density at radius 2 is 2.14 bits per heavy atom. The summed E-state index contributed by atoms with van der Waals surface area (Å²) in [4.78, 5) is 30.4. The Hall–Kier alpha value is -2.87. The maximum absolute atomic E-state index is 12.6. The number of aromatic nitrogens is 4. The van der Waals surface area contributed by atoms with Crippen molar-refractivity contribution in [3.05, 3.63) is 41.4 Å². The molecule has 0 bridgehead atoms. The Labute approximate surface area is 167 Å². The Morgan fingerprint density at radius 1 is 1.32 bits per heavy atom. The molecule has 3 N–H and O–H groups in total. The summed E-state index contributed by atoms with van der Waals surface area (Å²) in [5.41, 5.74) is 2.33. The molecule has 1 aliphatic rings. The number of carbonyl (C=O) groups excluding carboxylic acids is 1. The zero-order valence-corrected chi connectivity index (χ0v) is 16.0. The van der Waals surface area contributed by atoms with Crippen molar-refractivity contribution in [1.29, 1.82) is 0 Å². The number of carbonyl (C=O) groups is 1. The molecule has 1 fully saturated rings. The fourth-order valence-corrected chi connectivity index (χ4v) is 3.70. The predicted octanol–water partition coefficient (Wildman–Crippen LogP) is 2.29. The van der Waals surface area contributed by atoms with Gasteiger partial charge in [0.05, 0.1) is 12.2 Å². The molecule has 0 aliphatic carbocycles. The molecule has 3 heterocycles. The second-order valence-electron chi connectivity index (χ2n) is 6.91. The molecule has 4 rings (SSSR count). The fraction of sp³-hybridized carbons (Fsp3) is 0.368. The van der Waals surface area contributed by atoms with E-state index in [9.17, 15) is 9.90 Å². The van der Waals surface area contributed by atoms with Crippen LogP contribution in [0.3, 0.4) is 0 Å². The first-order valence-electron chi connectivity index (χ1n) is 9.27. The summed E-state index contributed by atoms with van der Waals surface area (Å²) in [5.74, 6) is 0.866. The monoisotopic (exact) mass is 400 g/mol. The molecule has 2 aromatic heterocycles. The number of anilines is 1. The van der Waals surface area contributed by atoms with Crippen LogP contribution in [0.5, 0.6) is 5.75 Å². The zero-order valence-electron chi connectivity index (χ0n) is 15.2. The highest BCUT2D eigenvalue weighted by Gasteiger charge is 2.28. The molecule has 28 heavy (non-hydrogen) atoms. The second-order valence-corrected chi connectivity index (χ2v) is 7.25. The molecule has 1 unspecified atom stereocenters. The van der Waals surface area contributed by atoms with E-state index in [1.807, 2.05) is 12.1 Å². The maximum atomic E-state index is 12.6. The van der Waals surface area contributed by atoms with Gasteiger partial charge < -0.3 is 20.3 Å². The number of fused-ring (bicyclic) bond motifs is 1. The summed E-state index contributed by atoms with van der Waals surface area (Å²) < 4.78 is 0. The molecule has 0 radical (unpaired) electrons. The lowest BCUT2D eigenvalue weighted by Crippen LogP contribution is -2.44. The van der Waals surface area contributed by atoms with E-state index in [0.29, 0.717) is 24.6 Å². The van der Waals surface area contributed by atoms with Crippen molar-refractivity contribution < 1.29 is 9.90 Å². The minimum atomic E-state index is -0.111. The zero-order chi connectivity index (χ0) is 19.5. The number of phenols is 1. The highest BCUT2D eigenvalue weighted by molar-refractivity contribution is 6.28. The third-order valence-corrected chi connectivity index (χ3v) is 5.15. The van der Waals surface area contributed by atoms with Crippen LogP contribution in [-0.2, 0) is 11.2 Å². The third kappa shape index (κ3) is 4.01. The number of hydrogen-bond donors (Lipinski definition) is 3. The molecule has 1 saturated heterocycles. The first-order chi connectivity index (χ1) is 13.6. The molecule has 1 atom stereocenters. The molecule has 0 spiro atoms. The van der Waals surface area contributed by atoms with Gasteiger partial charge in [0.15, 0.2) is 11.5 Å². The van der Waals surface area contributed by atoms with Gasteiger partial charge in [0.25, 0.3) is 0 Å². The van der Waals surface area contributed by atoms with Gasteiger partial charge in [-0.05, 0) is 48.6 Å². The number of benzene rings is 1. The van der Waals surface area contributed by atoms with Crippen LogP contribution in [0.15, 0.2) is 30.6 Å². The van der Waals surface area contributed by atoms with E-state index in [4.69, 9.17) is 11.6 Å². The molecular weight excluding hydrogens is 380 g/mol. The Kier molecular flexibility index (Phi) is 5.29. The van der Waals surface area contributed by atoms with Gasteiger partial charge in [0.1, 0.15) is 11.3 Å². The average Bonchev–Trinajstić information content (AvgIpc) is 3.17. The molecule has 1 aromatic carbocycles. The topological polar surface area (TPSA) is 107 Å². The molecule has 1 aliphatic heterocycles. The van der Waals surface area contributed by atoms with Crippen LogP contribution in [0.2, 0.25) is 5.28 Å². The van der Waals surface area contributed by atoms with Crippen molar-refractivity contribution >= 4 is 34.5 Å². The summed E-state index contributed by atoms with van der Waals surface area (Å²) in [7, 11) is 0. The molecule has 1 amide bonds. The summed E-state index contributed by atoms with van der Waals surface area (Å²) in [6.07, 6.45) is 4.02. The summed E-state index contributed by atoms with van der Waals surface area (Å²) in [5, 5.41) is 12.5. The SMILES string of the molecule is O=C(NCCc1ccc(O)cc1)C1CCCN(c2nc(Cl)nc3nc[nH]c23)C1. The summed E-state index contributed by atoms with van der Waals surface area (Å²) >= 11 is 6.04. The van der Waals surface area contributed by atoms with Crippen LogP contribution in [0.25, 0.3) is 11.2 Å². The van der Waals surface area contributed by atoms with Crippen molar-refractivity contribution in [3.63, 3.8) is 0 Å². The number of nitrogens with one attached hydrogen (secondary N) is 2. The Morgan fingerprint density at radius 3 is 2.96 bits per heavy atom. The van der Waals surface area contributed by atoms with Gasteiger partial charge in [-0.2, -0.15) is 9.97 Å². The van der Waals surface area contributed by atoms with E-state index in [2.05, 4.69) is 30.2 Å². The van der Waals surface area contributed by atoms with E-state index in [0.717, 1.165) is 36.9 Å². The number of rotatable bonds is 5. The van der Waals surface area contributed by atoms with Crippen LogP contribution < -0.4 is 10.2 Å². The highest BCUT2D eigenvalue weighted by Crippen LogP contribution is 2.27. The molecular formula is C19H21ClN6O2. The number of hydrogen-bond acceptors (Lipinski definition) is 6. The van der Waals surface area contributed by atoms with Crippen LogP contribution >= 0.6 is 11.6 Å².